The monoisotopic (exact) mass is 413 g/mol. The molecular weight excluding hydrogens is 389 g/mol. The quantitative estimate of drug-likeness (QED) is 0.664. The van der Waals surface area contributed by atoms with Crippen LogP contribution in [-0.2, 0) is 16.3 Å². The first-order chi connectivity index (χ1) is 12.9. The van der Waals surface area contributed by atoms with E-state index in [1.807, 2.05) is 12.1 Å². The Bertz CT molecular complexity index is 839. The third-order valence-electron chi connectivity index (χ3n) is 4.82. The molecule has 0 bridgehead atoms. The van der Waals surface area contributed by atoms with E-state index in [0.717, 1.165) is 49.1 Å². The Kier molecular flexibility index (Phi) is 6.49. The molecule has 27 heavy (non-hydrogen) atoms. The molecule has 148 valence electrons. The highest BCUT2D eigenvalue weighted by Crippen LogP contribution is 2.38. The zero-order chi connectivity index (χ0) is 19.4. The molecule has 0 amide bonds. The Hall–Kier alpha value is -1.51. The lowest BCUT2D eigenvalue weighted by molar-refractivity contribution is 0.221. The van der Waals surface area contributed by atoms with Crippen LogP contribution in [-0.4, -0.2) is 53.7 Å². The number of ether oxygens (including phenoxy) is 2. The molecule has 1 aromatic carbocycles. The van der Waals surface area contributed by atoms with Gasteiger partial charge in [0.2, 0.25) is 0 Å². The highest BCUT2D eigenvalue weighted by atomic mass is 32.5. The Morgan fingerprint density at radius 1 is 1.15 bits per heavy atom. The van der Waals surface area contributed by atoms with Crippen LogP contribution in [0.2, 0.25) is 0 Å². The fourth-order valence-corrected chi connectivity index (χ4v) is 3.96. The minimum absolute atomic E-state index is 0.280. The van der Waals surface area contributed by atoms with Crippen molar-refractivity contribution in [3.63, 3.8) is 0 Å². The van der Waals surface area contributed by atoms with Crippen LogP contribution in [0, 0.1) is 5.92 Å². The van der Waals surface area contributed by atoms with Crippen molar-refractivity contribution in [1.29, 1.82) is 0 Å². The number of fused-ring (bicyclic) bond motifs is 1. The van der Waals surface area contributed by atoms with E-state index in [1.54, 1.807) is 20.5 Å². The number of piperidine rings is 1. The smallest absolute Gasteiger partial charge is 0.321 e. The van der Waals surface area contributed by atoms with Crippen LogP contribution in [0.25, 0.3) is 10.9 Å². The maximum Gasteiger partial charge on any atom is 0.321 e. The molecule has 2 aromatic rings. The van der Waals surface area contributed by atoms with E-state index in [1.165, 1.54) is 0 Å². The summed E-state index contributed by atoms with van der Waals surface area (Å²) in [6.45, 7) is -1.55. The second-order valence-corrected chi connectivity index (χ2v) is 9.13. The molecule has 1 aliphatic rings. The van der Waals surface area contributed by atoms with E-state index in [4.69, 9.17) is 23.8 Å². The van der Waals surface area contributed by atoms with Crippen molar-refractivity contribution in [3.05, 3.63) is 18.5 Å². The van der Waals surface area contributed by atoms with Gasteiger partial charge in [-0.15, -0.1) is 0 Å². The summed E-state index contributed by atoms with van der Waals surface area (Å²) in [6, 6.07) is 3.77. The summed E-state index contributed by atoms with van der Waals surface area (Å²) in [5.74, 6) is 2.64. The molecule has 1 fully saturated rings. The van der Waals surface area contributed by atoms with E-state index in [9.17, 15) is 0 Å². The van der Waals surface area contributed by atoms with Gasteiger partial charge in [0.25, 0.3) is 0 Å². The first-order valence-electron chi connectivity index (χ1n) is 8.73. The number of nitrogens with zero attached hydrogens (tertiary/aromatic N) is 3. The minimum Gasteiger partial charge on any atom is -0.493 e. The third-order valence-corrected chi connectivity index (χ3v) is 5.65. The maximum absolute atomic E-state index is 9.14. The zero-order valence-electron chi connectivity index (χ0n) is 15.4. The molecule has 1 saturated heterocycles. The van der Waals surface area contributed by atoms with Crippen molar-refractivity contribution in [1.82, 2.24) is 9.97 Å². The average Bonchev–Trinajstić information content (AvgIpc) is 2.66. The highest BCUT2D eigenvalue weighted by molar-refractivity contribution is 8.06. The predicted octanol–water partition coefficient (Wildman–Crippen LogP) is 2.48. The van der Waals surface area contributed by atoms with Crippen LogP contribution in [0.15, 0.2) is 18.5 Å². The molecule has 0 radical (unpaired) electrons. The fraction of sp³-hybridized carbons (Fsp3) is 0.529. The second kappa shape index (κ2) is 8.67. The molecule has 0 atom stereocenters. The van der Waals surface area contributed by atoms with Gasteiger partial charge >= 0.3 is 6.72 Å². The van der Waals surface area contributed by atoms with E-state index in [0.29, 0.717) is 17.4 Å². The maximum atomic E-state index is 9.14. The van der Waals surface area contributed by atoms with Crippen LogP contribution in [0.3, 0.4) is 0 Å². The van der Waals surface area contributed by atoms with Crippen molar-refractivity contribution in [3.8, 4) is 11.5 Å². The summed E-state index contributed by atoms with van der Waals surface area (Å²) >= 11 is 4.48. The largest absolute Gasteiger partial charge is 0.493 e. The summed E-state index contributed by atoms with van der Waals surface area (Å²) < 4.78 is 15.7. The summed E-state index contributed by atoms with van der Waals surface area (Å²) in [5, 5.41) is 0.929. The Balaban J connectivity index is 1.71. The standard InChI is InChI=1S/C17H24N3O5PS/c1-23-15-9-13-14(10-16(15)24-2)18-11-19-17(13)20-6-3-12(4-7-20)5-8-25-26(21,22)27/h9-12H,3-8H2,1-2H3,(H2,21,22,27). The lowest BCUT2D eigenvalue weighted by Crippen LogP contribution is -2.34. The number of benzene rings is 1. The third kappa shape index (κ3) is 5.06. The summed E-state index contributed by atoms with van der Waals surface area (Å²) in [6.07, 6.45) is 4.28. The minimum atomic E-state index is -3.55. The van der Waals surface area contributed by atoms with Gasteiger partial charge in [-0.2, -0.15) is 0 Å². The van der Waals surface area contributed by atoms with Gasteiger partial charge < -0.3 is 28.7 Å². The molecule has 1 aliphatic heterocycles. The number of hydrogen-bond acceptors (Lipinski definition) is 7. The van der Waals surface area contributed by atoms with Gasteiger partial charge in [0.05, 0.1) is 26.3 Å². The van der Waals surface area contributed by atoms with E-state index in [-0.39, 0.29) is 6.61 Å². The molecule has 3 rings (SSSR count). The van der Waals surface area contributed by atoms with Gasteiger partial charge in [-0.1, -0.05) is 0 Å². The van der Waals surface area contributed by atoms with Gasteiger partial charge in [0.15, 0.2) is 11.5 Å². The Morgan fingerprint density at radius 3 is 2.44 bits per heavy atom. The van der Waals surface area contributed by atoms with Crippen LogP contribution < -0.4 is 14.4 Å². The van der Waals surface area contributed by atoms with E-state index >= 15 is 0 Å². The van der Waals surface area contributed by atoms with Crippen molar-refractivity contribution in [2.24, 2.45) is 5.92 Å². The van der Waals surface area contributed by atoms with Crippen molar-refractivity contribution >= 4 is 35.2 Å². The number of methoxy groups -OCH3 is 2. The second-order valence-electron chi connectivity index (χ2n) is 6.46. The van der Waals surface area contributed by atoms with Gasteiger partial charge in [0.1, 0.15) is 12.1 Å². The molecule has 2 heterocycles. The normalized spacial score (nSPS) is 15.9. The summed E-state index contributed by atoms with van der Waals surface area (Å²) in [5.41, 5.74) is 0.810. The Labute approximate surface area is 163 Å². The van der Waals surface area contributed by atoms with Crippen LogP contribution in [0.5, 0.6) is 11.5 Å². The first kappa shape index (κ1) is 20.2. The summed E-state index contributed by atoms with van der Waals surface area (Å²) in [4.78, 5) is 29.4. The molecule has 0 unspecified atom stereocenters. The molecule has 0 aliphatic carbocycles. The number of anilines is 1. The summed E-state index contributed by atoms with van der Waals surface area (Å²) in [7, 11) is 3.21. The molecule has 10 heteroatoms. The van der Waals surface area contributed by atoms with Gasteiger partial charge in [0, 0.05) is 24.5 Å². The lowest BCUT2D eigenvalue weighted by Gasteiger charge is -2.33. The average molecular weight is 413 g/mol. The van der Waals surface area contributed by atoms with Gasteiger partial charge in [-0.05, 0) is 43.1 Å². The van der Waals surface area contributed by atoms with Crippen molar-refractivity contribution in [2.45, 2.75) is 19.3 Å². The first-order valence-corrected chi connectivity index (χ1v) is 11.4. The van der Waals surface area contributed by atoms with E-state index < -0.39 is 6.72 Å². The molecule has 1 aromatic heterocycles. The molecule has 0 saturated carbocycles. The number of aromatic nitrogens is 2. The van der Waals surface area contributed by atoms with Crippen LogP contribution in [0.1, 0.15) is 19.3 Å². The molecule has 8 nitrogen and oxygen atoms in total. The molecular formula is C17H24N3O5PS. The molecule has 2 N–H and O–H groups in total. The Morgan fingerprint density at radius 2 is 1.81 bits per heavy atom. The van der Waals surface area contributed by atoms with Crippen LogP contribution >= 0.6 is 6.72 Å². The van der Waals surface area contributed by atoms with Gasteiger partial charge in [-0.25, -0.2) is 9.97 Å². The van der Waals surface area contributed by atoms with E-state index in [2.05, 4.69) is 26.7 Å². The highest BCUT2D eigenvalue weighted by Gasteiger charge is 2.23. The fourth-order valence-electron chi connectivity index (χ4n) is 3.39. The lowest BCUT2D eigenvalue weighted by atomic mass is 9.94. The van der Waals surface area contributed by atoms with Crippen molar-refractivity contribution < 1.29 is 23.8 Å². The number of hydrogen-bond donors (Lipinski definition) is 2. The number of rotatable bonds is 7. The topological polar surface area (TPSA) is 97.2 Å². The SMILES string of the molecule is COc1cc2ncnc(N3CCC(CCOP(O)(O)=S)CC3)c2cc1OC. The van der Waals surface area contributed by atoms with Crippen molar-refractivity contribution in [2.75, 3.05) is 38.8 Å². The predicted molar refractivity (Wildman–Crippen MR) is 107 cm³/mol. The molecule has 0 spiro atoms. The van der Waals surface area contributed by atoms with Gasteiger partial charge in [-0.3, -0.25) is 0 Å². The van der Waals surface area contributed by atoms with Crippen LogP contribution in [0.4, 0.5) is 5.82 Å². The zero-order valence-corrected chi connectivity index (χ0v) is 17.1.